The number of rotatable bonds is 6. The van der Waals surface area contributed by atoms with Crippen LogP contribution < -0.4 is 10.1 Å². The van der Waals surface area contributed by atoms with E-state index < -0.39 is 29.3 Å². The van der Waals surface area contributed by atoms with Crippen LogP contribution in [0.15, 0.2) is 55.0 Å². The van der Waals surface area contributed by atoms with Gasteiger partial charge >= 0.3 is 6.18 Å². The van der Waals surface area contributed by atoms with Gasteiger partial charge in [-0.25, -0.2) is 18.7 Å². The summed E-state index contributed by atoms with van der Waals surface area (Å²) in [5.41, 5.74) is -0.141. The number of hydrogen-bond donors (Lipinski definition) is 2. The lowest BCUT2D eigenvalue weighted by molar-refractivity contribution is -0.139. The van der Waals surface area contributed by atoms with Crippen molar-refractivity contribution in [2.45, 2.75) is 12.6 Å². The van der Waals surface area contributed by atoms with E-state index >= 15 is 0 Å². The average Bonchev–Trinajstić information content (AvgIpc) is 3.14. The van der Waals surface area contributed by atoms with Crippen molar-refractivity contribution in [1.29, 1.82) is 0 Å². The number of alkyl halides is 3. The molecule has 0 aliphatic heterocycles. The second-order valence-corrected chi connectivity index (χ2v) is 7.79. The quantitative estimate of drug-likeness (QED) is 0.291. The molecule has 1 aromatic carbocycles. The number of H-pyrrole nitrogens is 1. The van der Waals surface area contributed by atoms with Gasteiger partial charge in [-0.1, -0.05) is 18.2 Å². The highest BCUT2D eigenvalue weighted by Gasteiger charge is 2.35. The number of aromatic amines is 1. The molecule has 0 radical (unpaired) electrons. The Morgan fingerprint density at radius 1 is 1.09 bits per heavy atom. The molecule has 3 aromatic heterocycles. The zero-order chi connectivity index (χ0) is 24.6. The fourth-order valence-electron chi connectivity index (χ4n) is 3.44. The number of fused-ring (bicyclic) bond motifs is 1. The molecule has 2 N–H and O–H groups in total. The Hall–Kier alpha value is -3.66. The fourth-order valence-corrected chi connectivity index (χ4v) is 3.65. The zero-order valence-corrected chi connectivity index (χ0v) is 18.3. The predicted molar refractivity (Wildman–Crippen MR) is 119 cm³/mol. The normalized spacial score (nSPS) is 11.6. The first-order chi connectivity index (χ1) is 16.0. The van der Waals surface area contributed by atoms with E-state index in [1.807, 2.05) is 0 Å². The first-order valence-corrected chi connectivity index (χ1v) is 10.1. The van der Waals surface area contributed by atoms with Crippen LogP contribution in [0.1, 0.15) is 11.1 Å². The van der Waals surface area contributed by atoms with E-state index in [-0.39, 0.29) is 28.9 Å². The van der Waals surface area contributed by atoms with E-state index in [1.54, 1.807) is 12.1 Å². The van der Waals surface area contributed by atoms with Gasteiger partial charge < -0.3 is 15.0 Å². The van der Waals surface area contributed by atoms with Gasteiger partial charge in [-0.15, -0.1) is 0 Å². The summed E-state index contributed by atoms with van der Waals surface area (Å²) in [7, 11) is 1.08. The lowest BCUT2D eigenvalue weighted by atomic mass is 10.0. The van der Waals surface area contributed by atoms with Crippen LogP contribution in [0.4, 0.5) is 27.6 Å². The largest absolute Gasteiger partial charge is 0.481 e. The summed E-state index contributed by atoms with van der Waals surface area (Å²) in [6.07, 6.45) is -2.36. The molecule has 0 saturated heterocycles. The van der Waals surface area contributed by atoms with E-state index in [2.05, 4.69) is 31.6 Å². The molecule has 176 valence electrons. The zero-order valence-electron chi connectivity index (χ0n) is 17.5. The lowest BCUT2D eigenvalue weighted by Gasteiger charge is -2.15. The average molecular weight is 495 g/mol. The molecule has 0 spiro atoms. The molecule has 0 aliphatic rings. The highest BCUT2D eigenvalue weighted by molar-refractivity contribution is 6.30. The van der Waals surface area contributed by atoms with E-state index in [9.17, 15) is 22.0 Å². The minimum Gasteiger partial charge on any atom is -0.481 e. The third kappa shape index (κ3) is 4.81. The summed E-state index contributed by atoms with van der Waals surface area (Å²) in [6.45, 7) is 3.70. The van der Waals surface area contributed by atoms with Crippen LogP contribution >= 0.6 is 11.6 Å². The third-order valence-electron chi connectivity index (χ3n) is 4.96. The number of hydrogen-bond acceptors (Lipinski definition) is 4. The van der Waals surface area contributed by atoms with Crippen LogP contribution in [0.2, 0.25) is 5.15 Å². The molecule has 0 bridgehead atoms. The van der Waals surface area contributed by atoms with E-state index in [1.165, 1.54) is 6.20 Å². The third-order valence-corrected chi connectivity index (χ3v) is 5.16. The van der Waals surface area contributed by atoms with Gasteiger partial charge in [-0.05, 0) is 35.9 Å². The maximum Gasteiger partial charge on any atom is 0.421 e. The number of aromatic nitrogens is 3. The summed E-state index contributed by atoms with van der Waals surface area (Å²) in [6, 6.07) is 6.08. The Kier molecular flexibility index (Phi) is 6.18. The first kappa shape index (κ1) is 23.5. The molecular weight excluding hydrogens is 479 g/mol. The summed E-state index contributed by atoms with van der Waals surface area (Å²) in [5, 5.41) is 3.64. The molecular formula is C23H16ClF5N4O. The maximum atomic E-state index is 14.8. The van der Waals surface area contributed by atoms with Crippen molar-refractivity contribution in [1.82, 2.24) is 15.0 Å². The number of nitrogens with one attached hydrogen (secondary N) is 2. The van der Waals surface area contributed by atoms with Crippen LogP contribution in [0.3, 0.4) is 0 Å². The molecule has 4 aromatic rings. The minimum absolute atomic E-state index is 0.000664. The smallest absolute Gasteiger partial charge is 0.421 e. The predicted octanol–water partition coefficient (Wildman–Crippen LogP) is 6.75. The number of anilines is 1. The van der Waals surface area contributed by atoms with Gasteiger partial charge in [0.2, 0.25) is 5.88 Å². The van der Waals surface area contributed by atoms with Crippen molar-refractivity contribution in [2.24, 2.45) is 0 Å². The molecule has 4 rings (SSSR count). The van der Waals surface area contributed by atoms with E-state index in [4.69, 9.17) is 11.6 Å². The maximum absolute atomic E-state index is 14.8. The molecule has 3 heterocycles. The van der Waals surface area contributed by atoms with Crippen molar-refractivity contribution in [3.05, 3.63) is 82.9 Å². The molecule has 0 fully saturated rings. The number of methoxy groups -OCH3 is 1. The van der Waals surface area contributed by atoms with E-state index in [0.29, 0.717) is 21.7 Å². The van der Waals surface area contributed by atoms with Gasteiger partial charge in [0.15, 0.2) is 0 Å². The van der Waals surface area contributed by atoms with E-state index in [0.717, 1.165) is 31.5 Å². The molecule has 0 unspecified atom stereocenters. The van der Waals surface area contributed by atoms with Gasteiger partial charge in [0.1, 0.15) is 28.0 Å². The first-order valence-electron chi connectivity index (χ1n) is 9.73. The Bertz CT molecular complexity index is 1400. The van der Waals surface area contributed by atoms with Gasteiger partial charge in [0.05, 0.1) is 19.0 Å². The summed E-state index contributed by atoms with van der Waals surface area (Å²) in [4.78, 5) is 10.6. The Morgan fingerprint density at radius 3 is 2.56 bits per heavy atom. The molecule has 0 amide bonds. The molecule has 11 heteroatoms. The Balaban J connectivity index is 1.55. The number of allylic oxidation sites excluding steroid dienone is 1. The summed E-state index contributed by atoms with van der Waals surface area (Å²) >= 11 is 5.90. The SMILES string of the molecule is C=C(Cc1cc(F)c(-c2cnc3[nH]c(Cl)cc3c2)cc1F)Nc1cnc(OC)c(C(F)(F)F)c1. The minimum atomic E-state index is -4.69. The molecule has 0 aliphatic carbocycles. The number of nitrogens with zero attached hydrogens (tertiary/aromatic N) is 2. The summed E-state index contributed by atoms with van der Waals surface area (Å²) in [5.74, 6) is -1.99. The van der Waals surface area contributed by atoms with Crippen molar-refractivity contribution < 1.29 is 26.7 Å². The second-order valence-electron chi connectivity index (χ2n) is 7.39. The topological polar surface area (TPSA) is 62.8 Å². The number of benzene rings is 1. The molecule has 0 atom stereocenters. The van der Waals surface area contributed by atoms with Crippen molar-refractivity contribution in [3.8, 4) is 17.0 Å². The van der Waals surface area contributed by atoms with Gasteiger partial charge in [0, 0.05) is 34.8 Å². The summed E-state index contributed by atoms with van der Waals surface area (Å²) < 4.78 is 73.8. The van der Waals surface area contributed by atoms with Crippen molar-refractivity contribution >= 4 is 28.3 Å². The number of ether oxygens (including phenoxy) is 1. The van der Waals surface area contributed by atoms with Crippen LogP contribution in [0, 0.1) is 11.6 Å². The van der Waals surface area contributed by atoms with Crippen molar-refractivity contribution in [3.63, 3.8) is 0 Å². The number of pyridine rings is 2. The highest BCUT2D eigenvalue weighted by Crippen LogP contribution is 2.36. The molecule has 34 heavy (non-hydrogen) atoms. The molecule has 5 nitrogen and oxygen atoms in total. The van der Waals surface area contributed by atoms with Crippen LogP contribution in [-0.2, 0) is 12.6 Å². The van der Waals surface area contributed by atoms with Gasteiger partial charge in [-0.3, -0.25) is 0 Å². The Labute approximate surface area is 195 Å². The van der Waals surface area contributed by atoms with Gasteiger partial charge in [0.25, 0.3) is 0 Å². The standard InChI is InChI=1S/C23H16ClF5N4O/c1-11(32-15-7-17(23(27,28)29)22(34-2)31-10-15)3-12-5-19(26)16(8-18(12)25)14-4-13-6-20(24)33-21(13)30-9-14/h4-10,32H,1,3H2,2H3,(H,30,33). The monoisotopic (exact) mass is 494 g/mol. The van der Waals surface area contributed by atoms with Gasteiger partial charge in [-0.2, -0.15) is 13.2 Å². The highest BCUT2D eigenvalue weighted by atomic mass is 35.5. The second kappa shape index (κ2) is 8.94. The van der Waals surface area contributed by atoms with Crippen LogP contribution in [-0.4, -0.2) is 22.1 Å². The molecule has 0 saturated carbocycles. The van der Waals surface area contributed by atoms with Crippen molar-refractivity contribution in [2.75, 3.05) is 12.4 Å². The van der Waals surface area contributed by atoms with Crippen LogP contribution in [0.25, 0.3) is 22.2 Å². The Morgan fingerprint density at radius 2 is 1.85 bits per heavy atom. The van der Waals surface area contributed by atoms with Crippen LogP contribution in [0.5, 0.6) is 5.88 Å². The fraction of sp³-hybridized carbons (Fsp3) is 0.130. The number of halogens is 6. The lowest BCUT2D eigenvalue weighted by Crippen LogP contribution is -2.11.